The first-order chi connectivity index (χ1) is 7.06. The average molecular weight is 226 g/mol. The Morgan fingerprint density at radius 3 is 2.47 bits per heavy atom. The van der Waals surface area contributed by atoms with Gasteiger partial charge in [0.2, 0.25) is 0 Å². The van der Waals surface area contributed by atoms with Crippen LogP contribution in [0.3, 0.4) is 0 Å². The van der Waals surface area contributed by atoms with Crippen molar-refractivity contribution in [1.29, 1.82) is 0 Å². The normalized spacial score (nSPS) is 15.2. The molecule has 0 saturated heterocycles. The van der Waals surface area contributed by atoms with Gasteiger partial charge in [0.25, 0.3) is 11.8 Å². The molecule has 0 saturated carbocycles. The first-order valence-corrected chi connectivity index (χ1v) is 4.47. The van der Waals surface area contributed by atoms with E-state index in [4.69, 9.17) is 11.6 Å². The number of hydrogen-bond acceptors (Lipinski definition) is 2. The molecule has 0 atom stereocenters. The van der Waals surface area contributed by atoms with Crippen LogP contribution in [0.2, 0.25) is 5.02 Å². The third kappa shape index (κ3) is 1.89. The van der Waals surface area contributed by atoms with Crippen LogP contribution in [-0.2, 0) is 9.59 Å². The van der Waals surface area contributed by atoms with Crippen molar-refractivity contribution in [2.75, 3.05) is 0 Å². The summed E-state index contributed by atoms with van der Waals surface area (Å²) in [7, 11) is 0. The molecule has 0 radical (unpaired) electrons. The summed E-state index contributed by atoms with van der Waals surface area (Å²) in [5.74, 6) is -1.59. The van der Waals surface area contributed by atoms with Crippen LogP contribution in [0.25, 0.3) is 5.57 Å². The van der Waals surface area contributed by atoms with Gasteiger partial charge in [-0.1, -0.05) is 11.6 Å². The van der Waals surface area contributed by atoms with Gasteiger partial charge in [-0.05, 0) is 23.8 Å². The van der Waals surface area contributed by atoms with E-state index in [1.165, 1.54) is 6.07 Å². The molecular weight excluding hydrogens is 221 g/mol. The topological polar surface area (TPSA) is 46.2 Å². The number of rotatable bonds is 1. The molecule has 76 valence electrons. The van der Waals surface area contributed by atoms with Crippen molar-refractivity contribution in [2.24, 2.45) is 0 Å². The van der Waals surface area contributed by atoms with Crippen LogP contribution in [-0.4, -0.2) is 11.8 Å². The first-order valence-electron chi connectivity index (χ1n) is 4.10. The molecule has 15 heavy (non-hydrogen) atoms. The van der Waals surface area contributed by atoms with E-state index in [9.17, 15) is 14.0 Å². The van der Waals surface area contributed by atoms with Crippen molar-refractivity contribution in [3.63, 3.8) is 0 Å². The first kappa shape index (κ1) is 9.86. The van der Waals surface area contributed by atoms with Gasteiger partial charge in [0.05, 0.1) is 5.57 Å². The fraction of sp³-hybridized carbons (Fsp3) is 0. The minimum absolute atomic E-state index is 0.126. The van der Waals surface area contributed by atoms with Crippen LogP contribution in [0.5, 0.6) is 0 Å². The maximum atomic E-state index is 13.0. The van der Waals surface area contributed by atoms with Gasteiger partial charge in [0, 0.05) is 11.1 Å². The molecule has 0 spiro atoms. The standard InChI is InChI=1S/C10H5ClFNO2/c11-6-1-5(2-7(12)3-6)8-4-9(14)13-10(8)15/h1-4H,(H,13,14,15). The second-order valence-electron chi connectivity index (χ2n) is 3.03. The molecule has 3 nitrogen and oxygen atoms in total. The quantitative estimate of drug-likeness (QED) is 0.737. The van der Waals surface area contributed by atoms with Crippen molar-refractivity contribution >= 4 is 29.0 Å². The summed E-state index contributed by atoms with van der Waals surface area (Å²) in [5, 5.41) is 2.25. The van der Waals surface area contributed by atoms with Crippen molar-refractivity contribution in [3.8, 4) is 0 Å². The summed E-state index contributed by atoms with van der Waals surface area (Å²) < 4.78 is 13.0. The number of halogens is 2. The molecule has 0 aliphatic carbocycles. The monoisotopic (exact) mass is 225 g/mol. The SMILES string of the molecule is O=C1C=C(c2cc(F)cc(Cl)c2)C(=O)N1. The summed E-state index contributed by atoms with van der Waals surface area (Å²) in [6.07, 6.45) is 1.12. The van der Waals surface area contributed by atoms with E-state index in [2.05, 4.69) is 5.32 Å². The molecule has 5 heteroatoms. The highest BCUT2D eigenvalue weighted by molar-refractivity contribution is 6.34. The lowest BCUT2D eigenvalue weighted by molar-refractivity contribution is -0.123. The maximum absolute atomic E-state index is 13.0. The Hall–Kier alpha value is -1.68. The molecule has 2 rings (SSSR count). The Morgan fingerprint density at radius 1 is 1.20 bits per heavy atom. The molecule has 1 N–H and O–H groups in total. The van der Waals surface area contributed by atoms with Gasteiger partial charge >= 0.3 is 0 Å². The maximum Gasteiger partial charge on any atom is 0.258 e. The lowest BCUT2D eigenvalue weighted by Crippen LogP contribution is -2.21. The second kappa shape index (κ2) is 3.47. The van der Waals surface area contributed by atoms with Gasteiger partial charge in [-0.25, -0.2) is 4.39 Å². The van der Waals surface area contributed by atoms with Gasteiger partial charge in [-0.15, -0.1) is 0 Å². The number of carbonyl (C=O) groups excluding carboxylic acids is 2. The zero-order chi connectivity index (χ0) is 11.0. The van der Waals surface area contributed by atoms with E-state index >= 15 is 0 Å². The second-order valence-corrected chi connectivity index (χ2v) is 3.47. The molecule has 1 aromatic carbocycles. The highest BCUT2D eigenvalue weighted by Gasteiger charge is 2.22. The van der Waals surface area contributed by atoms with Gasteiger partial charge in [-0.2, -0.15) is 0 Å². The summed E-state index contributed by atoms with van der Waals surface area (Å²) in [5.41, 5.74) is 0.421. The van der Waals surface area contributed by atoms with Gasteiger partial charge in [0.1, 0.15) is 5.82 Å². The molecule has 0 bridgehead atoms. The molecule has 1 heterocycles. The van der Waals surface area contributed by atoms with Crippen molar-refractivity contribution in [1.82, 2.24) is 5.32 Å². The van der Waals surface area contributed by atoms with Crippen LogP contribution >= 0.6 is 11.6 Å². The molecule has 2 amide bonds. The van der Waals surface area contributed by atoms with Crippen LogP contribution in [0.1, 0.15) is 5.56 Å². The number of imide groups is 1. The molecule has 1 aliphatic heterocycles. The fourth-order valence-electron chi connectivity index (χ4n) is 1.34. The van der Waals surface area contributed by atoms with Crippen molar-refractivity contribution in [2.45, 2.75) is 0 Å². The Kier molecular flexibility index (Phi) is 2.28. The molecular formula is C10H5ClFNO2. The highest BCUT2D eigenvalue weighted by atomic mass is 35.5. The van der Waals surface area contributed by atoms with E-state index in [-0.39, 0.29) is 10.6 Å². The lowest BCUT2D eigenvalue weighted by atomic mass is 10.1. The Balaban J connectivity index is 2.50. The smallest absolute Gasteiger partial charge is 0.258 e. The minimum Gasteiger partial charge on any atom is -0.289 e. The fourth-order valence-corrected chi connectivity index (χ4v) is 1.56. The van der Waals surface area contributed by atoms with Gasteiger partial charge in [0.15, 0.2) is 0 Å². The molecule has 0 fully saturated rings. The van der Waals surface area contributed by atoms with E-state index in [0.717, 1.165) is 18.2 Å². The summed E-state index contributed by atoms with van der Waals surface area (Å²) in [4.78, 5) is 22.1. The van der Waals surface area contributed by atoms with E-state index in [1.807, 2.05) is 0 Å². The van der Waals surface area contributed by atoms with Gasteiger partial charge in [-0.3, -0.25) is 14.9 Å². The van der Waals surface area contributed by atoms with Crippen molar-refractivity contribution < 1.29 is 14.0 Å². The highest BCUT2D eigenvalue weighted by Crippen LogP contribution is 2.22. The molecule has 0 unspecified atom stereocenters. The minimum atomic E-state index is -0.550. The number of hydrogen-bond donors (Lipinski definition) is 1. The largest absolute Gasteiger partial charge is 0.289 e. The van der Waals surface area contributed by atoms with Crippen LogP contribution < -0.4 is 5.32 Å². The number of benzene rings is 1. The third-order valence-corrected chi connectivity index (χ3v) is 2.15. The summed E-state index contributed by atoms with van der Waals surface area (Å²) >= 11 is 5.63. The van der Waals surface area contributed by atoms with E-state index in [1.54, 1.807) is 0 Å². The van der Waals surface area contributed by atoms with Crippen LogP contribution in [0.4, 0.5) is 4.39 Å². The van der Waals surface area contributed by atoms with Crippen molar-refractivity contribution in [3.05, 3.63) is 40.7 Å². The number of nitrogens with one attached hydrogen (secondary N) is 1. The zero-order valence-electron chi connectivity index (χ0n) is 7.38. The summed E-state index contributed by atoms with van der Waals surface area (Å²) in [6.45, 7) is 0. The lowest BCUT2D eigenvalue weighted by Gasteiger charge is -2.01. The summed E-state index contributed by atoms with van der Waals surface area (Å²) in [6, 6.07) is 3.70. The van der Waals surface area contributed by atoms with Gasteiger partial charge < -0.3 is 0 Å². The Bertz CT molecular complexity index is 476. The Labute approximate surface area is 89.5 Å². The van der Waals surface area contributed by atoms with E-state index < -0.39 is 17.6 Å². The van der Waals surface area contributed by atoms with E-state index in [0.29, 0.717) is 5.56 Å². The predicted molar refractivity (Wildman–Crippen MR) is 52.5 cm³/mol. The number of amides is 2. The Morgan fingerprint density at radius 2 is 1.93 bits per heavy atom. The zero-order valence-corrected chi connectivity index (χ0v) is 8.14. The molecule has 0 aromatic heterocycles. The van der Waals surface area contributed by atoms with Crippen LogP contribution in [0.15, 0.2) is 24.3 Å². The number of carbonyl (C=O) groups is 2. The predicted octanol–water partition coefficient (Wildman–Crippen LogP) is 1.52. The molecule has 1 aromatic rings. The molecule has 1 aliphatic rings. The average Bonchev–Trinajstić information content (AvgIpc) is 2.43. The third-order valence-electron chi connectivity index (χ3n) is 1.93. The van der Waals surface area contributed by atoms with Crippen LogP contribution in [0, 0.1) is 5.82 Å².